The topological polar surface area (TPSA) is 68.0 Å². The van der Waals surface area contributed by atoms with Gasteiger partial charge < -0.3 is 11.1 Å². The van der Waals surface area contributed by atoms with Crippen LogP contribution in [0.2, 0.25) is 0 Å². The minimum absolute atomic E-state index is 0.0740. The Hall–Kier alpha value is -2.20. The van der Waals surface area contributed by atoms with Crippen LogP contribution in [0.25, 0.3) is 0 Å². The molecule has 0 saturated heterocycles. The number of hydrogen-bond donors (Lipinski definition) is 2. The summed E-state index contributed by atoms with van der Waals surface area (Å²) >= 11 is 0. The molecule has 0 aliphatic carbocycles. The Balaban J connectivity index is 1.98. The third-order valence-corrected chi connectivity index (χ3v) is 2.87. The number of rotatable bonds is 5. The van der Waals surface area contributed by atoms with Crippen molar-refractivity contribution in [3.05, 3.63) is 66.0 Å². The van der Waals surface area contributed by atoms with Gasteiger partial charge in [0.2, 0.25) is 0 Å². The Morgan fingerprint density at radius 3 is 2.63 bits per heavy atom. The highest BCUT2D eigenvalue weighted by molar-refractivity contribution is 5.94. The Labute approximate surface area is 112 Å². The number of amides is 1. The van der Waals surface area contributed by atoms with Crippen LogP contribution >= 0.6 is 0 Å². The molecule has 1 amide bonds. The average molecular weight is 255 g/mol. The van der Waals surface area contributed by atoms with Crippen molar-refractivity contribution in [2.24, 2.45) is 5.73 Å². The zero-order valence-corrected chi connectivity index (χ0v) is 10.6. The van der Waals surface area contributed by atoms with Gasteiger partial charge in [0.15, 0.2) is 0 Å². The zero-order valence-electron chi connectivity index (χ0n) is 10.6. The predicted octanol–water partition coefficient (Wildman–Crippen LogP) is 1.38. The maximum atomic E-state index is 12.0. The molecule has 0 radical (unpaired) electrons. The standard InChI is InChI=1S/C15H17N3O/c16-10-14(9-12-5-2-1-3-6-12)18-15(19)13-7-4-8-17-11-13/h1-8,11,14H,9-10,16H2,(H,18,19). The largest absolute Gasteiger partial charge is 0.348 e. The Kier molecular flexibility index (Phi) is 4.64. The van der Waals surface area contributed by atoms with Crippen LogP contribution < -0.4 is 11.1 Å². The van der Waals surface area contributed by atoms with E-state index >= 15 is 0 Å². The minimum Gasteiger partial charge on any atom is -0.348 e. The first-order chi connectivity index (χ1) is 9.29. The van der Waals surface area contributed by atoms with E-state index in [1.807, 2.05) is 30.3 Å². The summed E-state index contributed by atoms with van der Waals surface area (Å²) in [5, 5.41) is 2.93. The van der Waals surface area contributed by atoms with Gasteiger partial charge in [0, 0.05) is 25.0 Å². The van der Waals surface area contributed by atoms with Crippen molar-refractivity contribution in [1.29, 1.82) is 0 Å². The lowest BCUT2D eigenvalue weighted by Gasteiger charge is -2.16. The first kappa shape index (κ1) is 13.2. The second-order valence-corrected chi connectivity index (χ2v) is 4.34. The van der Waals surface area contributed by atoms with Gasteiger partial charge in [-0.05, 0) is 24.1 Å². The van der Waals surface area contributed by atoms with E-state index in [-0.39, 0.29) is 11.9 Å². The summed E-state index contributed by atoms with van der Waals surface area (Å²) in [7, 11) is 0. The van der Waals surface area contributed by atoms with E-state index in [0.29, 0.717) is 12.1 Å². The fourth-order valence-corrected chi connectivity index (χ4v) is 1.86. The van der Waals surface area contributed by atoms with E-state index in [0.717, 1.165) is 12.0 Å². The quantitative estimate of drug-likeness (QED) is 0.848. The van der Waals surface area contributed by atoms with Gasteiger partial charge in [-0.3, -0.25) is 9.78 Å². The lowest BCUT2D eigenvalue weighted by atomic mass is 10.1. The second kappa shape index (κ2) is 6.66. The summed E-state index contributed by atoms with van der Waals surface area (Å²) in [5.74, 6) is -0.139. The van der Waals surface area contributed by atoms with Crippen LogP contribution in [0.3, 0.4) is 0 Å². The summed E-state index contributed by atoms with van der Waals surface area (Å²) in [6.07, 6.45) is 3.91. The molecule has 3 N–H and O–H groups in total. The maximum Gasteiger partial charge on any atom is 0.253 e. The first-order valence-electron chi connectivity index (χ1n) is 6.24. The van der Waals surface area contributed by atoms with Crippen molar-refractivity contribution in [2.45, 2.75) is 12.5 Å². The minimum atomic E-state index is -0.139. The van der Waals surface area contributed by atoms with Crippen molar-refractivity contribution < 1.29 is 4.79 Å². The van der Waals surface area contributed by atoms with E-state index in [1.165, 1.54) is 0 Å². The van der Waals surface area contributed by atoms with E-state index < -0.39 is 0 Å². The molecule has 98 valence electrons. The maximum absolute atomic E-state index is 12.0. The van der Waals surface area contributed by atoms with Crippen LogP contribution in [0, 0.1) is 0 Å². The van der Waals surface area contributed by atoms with Gasteiger partial charge in [0.1, 0.15) is 0 Å². The molecule has 0 aliphatic heterocycles. The zero-order chi connectivity index (χ0) is 13.5. The highest BCUT2D eigenvalue weighted by Crippen LogP contribution is 2.04. The summed E-state index contributed by atoms with van der Waals surface area (Å²) in [5.41, 5.74) is 7.42. The predicted molar refractivity (Wildman–Crippen MR) is 74.7 cm³/mol. The molecule has 0 bridgehead atoms. The van der Waals surface area contributed by atoms with Crippen LogP contribution in [0.5, 0.6) is 0 Å². The molecule has 0 saturated carbocycles. The molecule has 1 aromatic heterocycles. The fourth-order valence-electron chi connectivity index (χ4n) is 1.86. The molecule has 2 aromatic rings. The van der Waals surface area contributed by atoms with Crippen molar-refractivity contribution in [1.82, 2.24) is 10.3 Å². The first-order valence-corrected chi connectivity index (χ1v) is 6.24. The highest BCUT2D eigenvalue weighted by atomic mass is 16.1. The smallest absolute Gasteiger partial charge is 0.253 e. The number of carbonyl (C=O) groups excluding carboxylic acids is 1. The Morgan fingerprint density at radius 1 is 1.21 bits per heavy atom. The van der Waals surface area contributed by atoms with Crippen LogP contribution in [-0.2, 0) is 6.42 Å². The fraction of sp³-hybridized carbons (Fsp3) is 0.200. The van der Waals surface area contributed by atoms with Gasteiger partial charge in [0.25, 0.3) is 5.91 Å². The average Bonchev–Trinajstić information content (AvgIpc) is 2.48. The van der Waals surface area contributed by atoms with E-state index in [2.05, 4.69) is 10.3 Å². The number of hydrogen-bond acceptors (Lipinski definition) is 3. The van der Waals surface area contributed by atoms with Crippen LogP contribution in [0.1, 0.15) is 15.9 Å². The van der Waals surface area contributed by atoms with Gasteiger partial charge in [-0.2, -0.15) is 0 Å². The van der Waals surface area contributed by atoms with Crippen molar-refractivity contribution in [3.63, 3.8) is 0 Å². The van der Waals surface area contributed by atoms with Crippen molar-refractivity contribution in [3.8, 4) is 0 Å². The molecular weight excluding hydrogens is 238 g/mol. The Bertz CT molecular complexity index is 513. The molecule has 0 aliphatic rings. The van der Waals surface area contributed by atoms with E-state index in [4.69, 9.17) is 5.73 Å². The van der Waals surface area contributed by atoms with Gasteiger partial charge >= 0.3 is 0 Å². The van der Waals surface area contributed by atoms with Crippen LogP contribution in [0.15, 0.2) is 54.9 Å². The van der Waals surface area contributed by atoms with E-state index in [1.54, 1.807) is 24.5 Å². The molecule has 1 aromatic carbocycles. The SMILES string of the molecule is NCC(Cc1ccccc1)NC(=O)c1cccnc1. The summed E-state index contributed by atoms with van der Waals surface area (Å²) < 4.78 is 0. The van der Waals surface area contributed by atoms with Gasteiger partial charge in [-0.25, -0.2) is 0 Å². The van der Waals surface area contributed by atoms with Crippen molar-refractivity contribution >= 4 is 5.91 Å². The number of benzene rings is 1. The second-order valence-electron chi connectivity index (χ2n) is 4.34. The molecule has 2 rings (SSSR count). The third-order valence-electron chi connectivity index (χ3n) is 2.87. The summed E-state index contributed by atoms with van der Waals surface area (Å²) in [6.45, 7) is 0.404. The van der Waals surface area contributed by atoms with Crippen molar-refractivity contribution in [2.75, 3.05) is 6.54 Å². The van der Waals surface area contributed by atoms with Crippen LogP contribution in [0.4, 0.5) is 0 Å². The highest BCUT2D eigenvalue weighted by Gasteiger charge is 2.12. The monoisotopic (exact) mass is 255 g/mol. The number of carbonyl (C=O) groups is 1. The number of nitrogens with zero attached hydrogens (tertiary/aromatic N) is 1. The lowest BCUT2D eigenvalue weighted by molar-refractivity contribution is 0.0937. The van der Waals surface area contributed by atoms with Gasteiger partial charge in [-0.1, -0.05) is 30.3 Å². The Morgan fingerprint density at radius 2 is 2.00 bits per heavy atom. The molecule has 1 unspecified atom stereocenters. The molecule has 1 atom stereocenters. The molecule has 4 nitrogen and oxygen atoms in total. The summed E-state index contributed by atoms with van der Waals surface area (Å²) in [6, 6.07) is 13.4. The number of aromatic nitrogens is 1. The van der Waals surface area contributed by atoms with Gasteiger partial charge in [-0.15, -0.1) is 0 Å². The lowest BCUT2D eigenvalue weighted by Crippen LogP contribution is -2.41. The van der Waals surface area contributed by atoms with Gasteiger partial charge in [0.05, 0.1) is 5.56 Å². The molecule has 4 heteroatoms. The molecule has 19 heavy (non-hydrogen) atoms. The third kappa shape index (κ3) is 3.89. The van der Waals surface area contributed by atoms with Crippen LogP contribution in [-0.4, -0.2) is 23.5 Å². The normalized spacial score (nSPS) is 11.8. The molecule has 0 fully saturated rings. The number of nitrogens with one attached hydrogen (secondary N) is 1. The molecule has 1 heterocycles. The molecular formula is C15H17N3O. The van der Waals surface area contributed by atoms with E-state index in [9.17, 15) is 4.79 Å². The molecule has 0 spiro atoms. The number of pyridine rings is 1. The summed E-state index contributed by atoms with van der Waals surface area (Å²) in [4.78, 5) is 15.9. The number of nitrogens with two attached hydrogens (primary N) is 1.